The first-order valence-corrected chi connectivity index (χ1v) is 5.13. The lowest BCUT2D eigenvalue weighted by molar-refractivity contribution is 0.621. The molecule has 1 aromatic rings. The Bertz CT molecular complexity index is 274. The summed E-state index contributed by atoms with van der Waals surface area (Å²) in [6, 6.07) is 4.34. The van der Waals surface area contributed by atoms with Crippen molar-refractivity contribution in [1.29, 1.82) is 0 Å². The molecule has 0 saturated heterocycles. The zero-order valence-corrected chi connectivity index (χ0v) is 9.09. The van der Waals surface area contributed by atoms with Crippen LogP contribution in [0, 0.1) is 13.8 Å². The molecule has 0 aliphatic rings. The van der Waals surface area contributed by atoms with E-state index in [1.807, 2.05) is 0 Å². The second-order valence-corrected chi connectivity index (χ2v) is 3.65. The van der Waals surface area contributed by atoms with Crippen LogP contribution in [0.25, 0.3) is 0 Å². The number of nitrogens with zero attached hydrogens (tertiary/aromatic N) is 1. The van der Waals surface area contributed by atoms with Crippen molar-refractivity contribution >= 4 is 0 Å². The largest absolute Gasteiger partial charge is 0.258 e. The zero-order valence-electron chi connectivity index (χ0n) is 9.09. The van der Waals surface area contributed by atoms with Crippen LogP contribution in [0.15, 0.2) is 12.1 Å². The summed E-state index contributed by atoms with van der Waals surface area (Å²) in [5.41, 5.74) is 3.72. The van der Waals surface area contributed by atoms with Gasteiger partial charge < -0.3 is 0 Å². The normalized spacial score (nSPS) is 10.8. The molecule has 1 aromatic heterocycles. The van der Waals surface area contributed by atoms with Gasteiger partial charge in [-0.3, -0.25) is 4.98 Å². The lowest BCUT2D eigenvalue weighted by Crippen LogP contribution is -2.00. The Morgan fingerprint density at radius 3 is 2.23 bits per heavy atom. The molecule has 0 radical (unpaired) electrons. The first kappa shape index (κ1) is 10.2. The molecule has 1 rings (SSSR count). The van der Waals surface area contributed by atoms with E-state index in [-0.39, 0.29) is 0 Å². The number of hydrogen-bond acceptors (Lipinski definition) is 1. The smallest absolute Gasteiger partial charge is 0.0437 e. The Kier molecular flexibility index (Phi) is 3.47. The predicted molar refractivity (Wildman–Crippen MR) is 57.0 cm³/mol. The van der Waals surface area contributed by atoms with Gasteiger partial charge >= 0.3 is 0 Å². The van der Waals surface area contributed by atoms with Crippen molar-refractivity contribution in [3.8, 4) is 0 Å². The Hall–Kier alpha value is -0.850. The van der Waals surface area contributed by atoms with Crippen LogP contribution in [0.3, 0.4) is 0 Å². The average Bonchev–Trinajstić information content (AvgIpc) is 2.13. The summed E-state index contributed by atoms with van der Waals surface area (Å²) in [5, 5.41) is 0. The quantitative estimate of drug-likeness (QED) is 0.687. The molecule has 1 heterocycles. The Balaban J connectivity index is 2.95. The number of aromatic nitrogens is 1. The van der Waals surface area contributed by atoms with Gasteiger partial charge in [-0.15, -0.1) is 0 Å². The highest BCUT2D eigenvalue weighted by molar-refractivity contribution is 5.22. The highest BCUT2D eigenvalue weighted by atomic mass is 14.7. The Morgan fingerprint density at radius 2 is 1.77 bits per heavy atom. The third-order valence-corrected chi connectivity index (χ3v) is 2.78. The fourth-order valence-electron chi connectivity index (χ4n) is 1.58. The molecule has 0 fully saturated rings. The lowest BCUT2D eigenvalue weighted by atomic mass is 9.98. The minimum Gasteiger partial charge on any atom is -0.258 e. The van der Waals surface area contributed by atoms with Crippen LogP contribution in [-0.2, 0) is 0 Å². The molecule has 1 nitrogen and oxygen atoms in total. The molecule has 13 heavy (non-hydrogen) atoms. The second kappa shape index (κ2) is 4.40. The number of aryl methyl sites for hydroxylation is 2. The van der Waals surface area contributed by atoms with E-state index in [2.05, 4.69) is 44.8 Å². The van der Waals surface area contributed by atoms with E-state index in [0.717, 1.165) is 0 Å². The van der Waals surface area contributed by atoms with Crippen molar-refractivity contribution in [2.24, 2.45) is 0 Å². The van der Waals surface area contributed by atoms with E-state index in [0.29, 0.717) is 5.92 Å². The van der Waals surface area contributed by atoms with Crippen LogP contribution in [0.5, 0.6) is 0 Å². The van der Waals surface area contributed by atoms with Gasteiger partial charge in [0, 0.05) is 17.3 Å². The van der Waals surface area contributed by atoms with Gasteiger partial charge in [-0.2, -0.15) is 0 Å². The maximum Gasteiger partial charge on any atom is 0.0437 e. The molecule has 0 bridgehead atoms. The average molecular weight is 177 g/mol. The van der Waals surface area contributed by atoms with E-state index >= 15 is 0 Å². The van der Waals surface area contributed by atoms with Gasteiger partial charge in [0.1, 0.15) is 0 Å². The summed E-state index contributed by atoms with van der Waals surface area (Å²) in [6.45, 7) is 8.65. The van der Waals surface area contributed by atoms with Crippen LogP contribution >= 0.6 is 0 Å². The van der Waals surface area contributed by atoms with Gasteiger partial charge in [0.05, 0.1) is 0 Å². The van der Waals surface area contributed by atoms with Crippen molar-refractivity contribution in [3.05, 3.63) is 29.1 Å². The Morgan fingerprint density at radius 1 is 1.15 bits per heavy atom. The molecule has 1 heteroatoms. The maximum atomic E-state index is 4.61. The van der Waals surface area contributed by atoms with Crippen molar-refractivity contribution in [2.45, 2.75) is 46.5 Å². The first-order chi connectivity index (χ1) is 6.19. The summed E-state index contributed by atoms with van der Waals surface area (Å²) >= 11 is 0. The zero-order chi connectivity index (χ0) is 9.84. The number of rotatable bonds is 3. The standard InChI is InChI=1S/C12H19N/c1-5-11(6-2)12-8-7-9(3)10(4)13-12/h7-8,11H,5-6H2,1-4H3. The molecular formula is C12H19N. The fraction of sp³-hybridized carbons (Fsp3) is 0.583. The molecule has 72 valence electrons. The van der Waals surface area contributed by atoms with Crippen LogP contribution in [0.2, 0.25) is 0 Å². The third kappa shape index (κ3) is 2.30. The highest BCUT2D eigenvalue weighted by Gasteiger charge is 2.08. The van der Waals surface area contributed by atoms with Gasteiger partial charge in [0.25, 0.3) is 0 Å². The van der Waals surface area contributed by atoms with Crippen LogP contribution in [-0.4, -0.2) is 4.98 Å². The second-order valence-electron chi connectivity index (χ2n) is 3.65. The van der Waals surface area contributed by atoms with Crippen molar-refractivity contribution in [3.63, 3.8) is 0 Å². The van der Waals surface area contributed by atoms with Crippen molar-refractivity contribution in [2.75, 3.05) is 0 Å². The van der Waals surface area contributed by atoms with E-state index in [1.54, 1.807) is 0 Å². The summed E-state index contributed by atoms with van der Waals surface area (Å²) in [7, 11) is 0. The van der Waals surface area contributed by atoms with E-state index < -0.39 is 0 Å². The summed E-state index contributed by atoms with van der Waals surface area (Å²) in [5.74, 6) is 0.638. The molecular weight excluding hydrogens is 158 g/mol. The molecule has 0 N–H and O–H groups in total. The third-order valence-electron chi connectivity index (χ3n) is 2.78. The topological polar surface area (TPSA) is 12.9 Å². The van der Waals surface area contributed by atoms with Crippen molar-refractivity contribution < 1.29 is 0 Å². The van der Waals surface area contributed by atoms with Crippen LogP contribution in [0.1, 0.15) is 49.6 Å². The van der Waals surface area contributed by atoms with Crippen molar-refractivity contribution in [1.82, 2.24) is 4.98 Å². The van der Waals surface area contributed by atoms with Gasteiger partial charge in [-0.05, 0) is 38.3 Å². The fourth-order valence-corrected chi connectivity index (χ4v) is 1.58. The first-order valence-electron chi connectivity index (χ1n) is 5.13. The number of hydrogen-bond donors (Lipinski definition) is 0. The van der Waals surface area contributed by atoms with Gasteiger partial charge in [-0.1, -0.05) is 19.9 Å². The molecule has 0 amide bonds. The monoisotopic (exact) mass is 177 g/mol. The predicted octanol–water partition coefficient (Wildman–Crippen LogP) is 3.60. The van der Waals surface area contributed by atoms with Gasteiger partial charge in [0.15, 0.2) is 0 Å². The number of pyridine rings is 1. The summed E-state index contributed by atoms with van der Waals surface area (Å²) in [4.78, 5) is 4.61. The Labute approximate surface area is 81.2 Å². The summed E-state index contributed by atoms with van der Waals surface area (Å²) < 4.78 is 0. The molecule has 0 spiro atoms. The maximum absolute atomic E-state index is 4.61. The van der Waals surface area contributed by atoms with E-state index in [1.165, 1.54) is 29.8 Å². The minimum atomic E-state index is 0.638. The minimum absolute atomic E-state index is 0.638. The molecule has 0 unspecified atom stereocenters. The van der Waals surface area contributed by atoms with Gasteiger partial charge in [-0.25, -0.2) is 0 Å². The van der Waals surface area contributed by atoms with E-state index in [4.69, 9.17) is 0 Å². The molecule has 0 aromatic carbocycles. The van der Waals surface area contributed by atoms with Crippen LogP contribution < -0.4 is 0 Å². The molecule has 0 atom stereocenters. The molecule has 0 aliphatic carbocycles. The van der Waals surface area contributed by atoms with Gasteiger partial charge in [0.2, 0.25) is 0 Å². The van der Waals surface area contributed by atoms with Crippen LogP contribution in [0.4, 0.5) is 0 Å². The summed E-state index contributed by atoms with van der Waals surface area (Å²) in [6.07, 6.45) is 2.37. The molecule has 0 saturated carbocycles. The SMILES string of the molecule is CCC(CC)c1ccc(C)c(C)n1. The van der Waals surface area contributed by atoms with E-state index in [9.17, 15) is 0 Å². The highest BCUT2D eigenvalue weighted by Crippen LogP contribution is 2.21. The molecule has 0 aliphatic heterocycles. The lowest BCUT2D eigenvalue weighted by Gasteiger charge is -2.12.